The van der Waals surface area contributed by atoms with Crippen LogP contribution in [0.5, 0.6) is 0 Å². The summed E-state index contributed by atoms with van der Waals surface area (Å²) in [6, 6.07) is 34.8. The standard InChI is InChI=1S/C19H25N2Si.C17H12N.Ir/c1-22(2,3)19-14-21-18(17-10-6-7-11-20-17)13-16(19)12-15-8-4-5-9-15;1-3-7-14(8-4-1)16-11-12-18-17(13-16)15-9-5-2-6-10-15;/h6-7,11,13-15H,4-5,8-9,12H2,1-3H3;1-9,11-13H;/q2*-1;. The molecule has 2 aromatic carbocycles. The van der Waals surface area contributed by atoms with Crippen LogP contribution in [0.3, 0.4) is 0 Å². The summed E-state index contributed by atoms with van der Waals surface area (Å²) in [6.45, 7) is 7.23. The van der Waals surface area contributed by atoms with Gasteiger partial charge in [0, 0.05) is 32.5 Å². The van der Waals surface area contributed by atoms with Gasteiger partial charge in [-0.3, -0.25) is 4.98 Å². The van der Waals surface area contributed by atoms with Crippen molar-refractivity contribution in [3.63, 3.8) is 0 Å². The third kappa shape index (κ3) is 8.39. The van der Waals surface area contributed by atoms with E-state index in [0.717, 1.165) is 28.6 Å². The molecular formula is C36H37IrN3Si-2. The van der Waals surface area contributed by atoms with Crippen LogP contribution in [-0.4, -0.2) is 23.0 Å². The summed E-state index contributed by atoms with van der Waals surface area (Å²) in [7, 11) is -1.37. The molecule has 3 aromatic heterocycles. The molecule has 1 aliphatic rings. The SMILES string of the molecule is C[Si](C)(C)c1cnc(-c2[c-]cccn2)cc1CC1CCCC1.[Ir].[c-]1ccccc1-c1cc(-c2ccccc2)ccn1. The molecular weight excluding hydrogens is 695 g/mol. The maximum absolute atomic E-state index is 4.69. The van der Waals surface area contributed by atoms with Crippen molar-refractivity contribution in [1.29, 1.82) is 0 Å². The summed E-state index contributed by atoms with van der Waals surface area (Å²) < 4.78 is 0. The van der Waals surface area contributed by atoms with Gasteiger partial charge in [-0.2, -0.15) is 12.1 Å². The minimum atomic E-state index is -1.37. The van der Waals surface area contributed by atoms with Crippen LogP contribution in [0.4, 0.5) is 0 Å². The molecule has 0 saturated heterocycles. The van der Waals surface area contributed by atoms with Crippen LogP contribution < -0.4 is 5.19 Å². The van der Waals surface area contributed by atoms with Gasteiger partial charge < -0.3 is 9.97 Å². The predicted octanol–water partition coefficient (Wildman–Crippen LogP) is 8.43. The molecule has 211 valence electrons. The van der Waals surface area contributed by atoms with Gasteiger partial charge in [0.2, 0.25) is 0 Å². The molecule has 1 radical (unpaired) electrons. The van der Waals surface area contributed by atoms with Crippen LogP contribution in [0.1, 0.15) is 31.2 Å². The summed E-state index contributed by atoms with van der Waals surface area (Å²) in [6.07, 6.45) is 12.6. The van der Waals surface area contributed by atoms with Crippen LogP contribution in [-0.2, 0) is 26.5 Å². The van der Waals surface area contributed by atoms with Crippen LogP contribution in [0.25, 0.3) is 33.8 Å². The first-order chi connectivity index (χ1) is 19.5. The molecule has 0 amide bonds. The van der Waals surface area contributed by atoms with Crippen molar-refractivity contribution in [1.82, 2.24) is 15.0 Å². The number of hydrogen-bond acceptors (Lipinski definition) is 3. The van der Waals surface area contributed by atoms with Crippen molar-refractivity contribution in [2.45, 2.75) is 51.7 Å². The number of pyridine rings is 3. The van der Waals surface area contributed by atoms with Gasteiger partial charge in [0.1, 0.15) is 0 Å². The van der Waals surface area contributed by atoms with Crippen molar-refractivity contribution >= 4 is 13.3 Å². The largest absolute Gasteiger partial charge is 0.318 e. The third-order valence-electron chi connectivity index (χ3n) is 7.48. The smallest absolute Gasteiger partial charge is 0.0798 e. The van der Waals surface area contributed by atoms with Crippen molar-refractivity contribution < 1.29 is 20.1 Å². The van der Waals surface area contributed by atoms with Crippen LogP contribution in [0.2, 0.25) is 19.6 Å². The molecule has 5 heteroatoms. The van der Waals surface area contributed by atoms with Gasteiger partial charge in [0.25, 0.3) is 0 Å². The van der Waals surface area contributed by atoms with Crippen LogP contribution in [0.15, 0.2) is 104 Å². The second kappa shape index (κ2) is 14.6. The van der Waals surface area contributed by atoms with E-state index >= 15 is 0 Å². The second-order valence-electron chi connectivity index (χ2n) is 11.5. The van der Waals surface area contributed by atoms with Crippen LogP contribution in [0, 0.1) is 18.1 Å². The van der Waals surface area contributed by atoms with Crippen molar-refractivity contribution in [3.8, 4) is 33.8 Å². The monoisotopic (exact) mass is 732 g/mol. The van der Waals surface area contributed by atoms with Gasteiger partial charge >= 0.3 is 0 Å². The number of aromatic nitrogens is 3. The fourth-order valence-corrected chi connectivity index (χ4v) is 6.99. The van der Waals surface area contributed by atoms with E-state index in [2.05, 4.69) is 72.2 Å². The Morgan fingerprint density at radius 2 is 1.49 bits per heavy atom. The Morgan fingerprint density at radius 1 is 0.732 bits per heavy atom. The second-order valence-corrected chi connectivity index (χ2v) is 16.6. The van der Waals surface area contributed by atoms with Gasteiger partial charge in [-0.1, -0.05) is 93.4 Å². The van der Waals surface area contributed by atoms with Crippen LogP contribution >= 0.6 is 0 Å². The predicted molar refractivity (Wildman–Crippen MR) is 169 cm³/mol. The Morgan fingerprint density at radius 3 is 2.17 bits per heavy atom. The van der Waals surface area contributed by atoms with Gasteiger partial charge in [0.15, 0.2) is 0 Å². The van der Waals surface area contributed by atoms with E-state index in [1.54, 1.807) is 0 Å². The first-order valence-electron chi connectivity index (χ1n) is 14.3. The van der Waals surface area contributed by atoms with Gasteiger partial charge in [-0.15, -0.1) is 42.0 Å². The molecule has 0 bridgehead atoms. The zero-order valence-corrected chi connectivity index (χ0v) is 27.5. The van der Waals surface area contributed by atoms with Gasteiger partial charge in [0.05, 0.1) is 8.07 Å². The van der Waals surface area contributed by atoms with E-state index in [1.165, 1.54) is 54.0 Å². The maximum Gasteiger partial charge on any atom is 0.0798 e. The fraction of sp³-hybridized carbons (Fsp3) is 0.250. The molecule has 0 atom stereocenters. The quantitative estimate of drug-likeness (QED) is 0.130. The maximum atomic E-state index is 4.69. The first-order valence-corrected chi connectivity index (χ1v) is 17.8. The average molecular weight is 732 g/mol. The molecule has 0 spiro atoms. The minimum absolute atomic E-state index is 0. The summed E-state index contributed by atoms with van der Waals surface area (Å²) in [5, 5.41) is 1.51. The Labute approximate surface area is 259 Å². The molecule has 41 heavy (non-hydrogen) atoms. The van der Waals surface area contributed by atoms with E-state index in [1.807, 2.05) is 73.1 Å². The zero-order valence-electron chi connectivity index (χ0n) is 24.1. The van der Waals surface area contributed by atoms with Gasteiger partial charge in [-0.05, 0) is 58.0 Å². The molecule has 5 aromatic rings. The Kier molecular flexibility index (Phi) is 10.9. The van der Waals surface area contributed by atoms with Crippen molar-refractivity contribution in [2.24, 2.45) is 5.92 Å². The fourth-order valence-electron chi connectivity index (χ4n) is 5.40. The van der Waals surface area contributed by atoms with E-state index < -0.39 is 8.07 Å². The number of hydrogen-bond donors (Lipinski definition) is 0. The molecule has 0 N–H and O–H groups in total. The van der Waals surface area contributed by atoms with E-state index in [0.29, 0.717) is 0 Å². The number of nitrogens with zero attached hydrogens (tertiary/aromatic N) is 3. The van der Waals surface area contributed by atoms with E-state index in [-0.39, 0.29) is 20.1 Å². The number of rotatable bonds is 6. The zero-order chi connectivity index (χ0) is 27.8. The van der Waals surface area contributed by atoms with Gasteiger partial charge in [-0.25, -0.2) is 0 Å². The Hall–Kier alpha value is -3.24. The Bertz CT molecular complexity index is 1440. The van der Waals surface area contributed by atoms with Crippen molar-refractivity contribution in [3.05, 3.63) is 121 Å². The average Bonchev–Trinajstić information content (AvgIpc) is 3.51. The molecule has 0 unspecified atom stereocenters. The summed E-state index contributed by atoms with van der Waals surface area (Å²) in [5.74, 6) is 0.859. The summed E-state index contributed by atoms with van der Waals surface area (Å²) >= 11 is 0. The molecule has 1 aliphatic carbocycles. The first kappa shape index (κ1) is 30.7. The molecule has 3 heterocycles. The normalized spacial score (nSPS) is 13.1. The Balaban J connectivity index is 0.000000188. The summed E-state index contributed by atoms with van der Waals surface area (Å²) in [4.78, 5) is 13.5. The third-order valence-corrected chi connectivity index (χ3v) is 9.55. The molecule has 1 fully saturated rings. The van der Waals surface area contributed by atoms with Crippen molar-refractivity contribution in [2.75, 3.05) is 0 Å². The molecule has 1 saturated carbocycles. The minimum Gasteiger partial charge on any atom is -0.318 e. The summed E-state index contributed by atoms with van der Waals surface area (Å²) in [5.41, 5.74) is 7.70. The number of benzene rings is 2. The van der Waals surface area contributed by atoms with E-state index in [9.17, 15) is 0 Å². The van der Waals surface area contributed by atoms with E-state index in [4.69, 9.17) is 4.98 Å². The molecule has 3 nitrogen and oxygen atoms in total. The molecule has 6 rings (SSSR count). The molecule has 0 aliphatic heterocycles. The topological polar surface area (TPSA) is 38.7 Å².